The molecular weight excluding hydrogens is 423 g/mol. The molecule has 3 aromatic rings. The van der Waals surface area contributed by atoms with Crippen LogP contribution in [0, 0.1) is 0 Å². The summed E-state index contributed by atoms with van der Waals surface area (Å²) in [7, 11) is 0. The summed E-state index contributed by atoms with van der Waals surface area (Å²) in [6.07, 6.45) is 0. The molecule has 0 unspecified atom stereocenters. The molecule has 1 aliphatic heterocycles. The first-order valence-electron chi connectivity index (χ1n) is 9.35. The van der Waals surface area contributed by atoms with E-state index in [1.165, 1.54) is 0 Å². The minimum atomic E-state index is -0.728. The second-order valence-electron chi connectivity index (χ2n) is 6.92. The Kier molecular flexibility index (Phi) is 6.04. The first-order valence-corrected chi connectivity index (χ1v) is 10.1. The Morgan fingerprint density at radius 3 is 2.47 bits per heavy atom. The lowest BCUT2D eigenvalue weighted by atomic mass is 9.80. The van der Waals surface area contributed by atoms with Gasteiger partial charge in [0.2, 0.25) is 0 Å². The monoisotopic (exact) mass is 440 g/mol. The highest BCUT2D eigenvalue weighted by atomic mass is 35.5. The number of fused-ring (bicyclic) bond motifs is 1. The number of hydroxylamine groups is 1. The Bertz CT molecular complexity index is 1090. The second-order valence-corrected chi connectivity index (χ2v) is 7.77. The molecule has 0 fully saturated rings. The minimum absolute atomic E-state index is 0.222. The van der Waals surface area contributed by atoms with E-state index in [-0.39, 0.29) is 18.4 Å². The van der Waals surface area contributed by atoms with Gasteiger partial charge in [-0.25, -0.2) is 5.48 Å². The second kappa shape index (κ2) is 8.88. The molecule has 0 radical (unpaired) electrons. The van der Waals surface area contributed by atoms with E-state index < -0.39 is 12.0 Å². The number of hydrogen-bond acceptors (Lipinski definition) is 3. The fraction of sp³-hybridized carbons (Fsp3) is 0.130. The molecule has 2 N–H and O–H groups in total. The molecule has 1 heterocycles. The Morgan fingerprint density at radius 2 is 1.70 bits per heavy atom. The maximum Gasteiger partial charge on any atom is 0.253 e. The maximum absolute atomic E-state index is 13.2. The Hall–Kier alpha value is -2.86. The largest absolute Gasteiger partial charge is 0.344 e. The van der Waals surface area contributed by atoms with E-state index in [0.29, 0.717) is 26.7 Å². The number of carbonyl (C=O) groups is 2. The molecule has 0 saturated heterocycles. The predicted molar refractivity (Wildman–Crippen MR) is 115 cm³/mol. The molecule has 7 heteroatoms. The van der Waals surface area contributed by atoms with Crippen LogP contribution in [0.4, 0.5) is 0 Å². The fourth-order valence-corrected chi connectivity index (χ4v) is 4.11. The zero-order valence-corrected chi connectivity index (χ0v) is 17.3. The van der Waals surface area contributed by atoms with E-state index >= 15 is 0 Å². The van der Waals surface area contributed by atoms with Crippen LogP contribution < -0.4 is 10.8 Å². The average molecular weight is 441 g/mol. The van der Waals surface area contributed by atoms with E-state index in [1.54, 1.807) is 42.5 Å². The molecule has 152 valence electrons. The molecule has 0 aromatic heterocycles. The number of benzene rings is 3. The third kappa shape index (κ3) is 4.19. The summed E-state index contributed by atoms with van der Waals surface area (Å²) in [5, 5.41) is 3.75. The van der Waals surface area contributed by atoms with Crippen molar-refractivity contribution in [3.8, 4) is 0 Å². The van der Waals surface area contributed by atoms with Crippen LogP contribution in [-0.4, -0.2) is 11.8 Å². The fourth-order valence-electron chi connectivity index (χ4n) is 3.59. The van der Waals surface area contributed by atoms with Gasteiger partial charge in [-0.05, 0) is 34.9 Å². The summed E-state index contributed by atoms with van der Waals surface area (Å²) < 4.78 is 0. The smallest absolute Gasteiger partial charge is 0.253 e. The lowest BCUT2D eigenvalue weighted by Crippen LogP contribution is -2.44. The number of nitrogens with one attached hydrogen (secondary N) is 2. The third-order valence-corrected chi connectivity index (χ3v) is 5.56. The molecule has 0 saturated carbocycles. The lowest BCUT2D eigenvalue weighted by Gasteiger charge is -2.33. The van der Waals surface area contributed by atoms with Gasteiger partial charge in [0.15, 0.2) is 0 Å². The molecule has 0 spiro atoms. The van der Waals surface area contributed by atoms with Crippen LogP contribution in [0.1, 0.15) is 39.0 Å². The predicted octanol–water partition coefficient (Wildman–Crippen LogP) is 4.81. The Balaban J connectivity index is 1.64. The highest BCUT2D eigenvalue weighted by molar-refractivity contribution is 6.35. The molecule has 3 aromatic carbocycles. The number of hydrogen-bond donors (Lipinski definition) is 2. The minimum Gasteiger partial charge on any atom is -0.344 e. The zero-order chi connectivity index (χ0) is 21.1. The van der Waals surface area contributed by atoms with E-state index in [0.717, 1.165) is 5.56 Å². The first-order chi connectivity index (χ1) is 14.5. The number of carbonyl (C=O) groups excluding carboxylic acids is 2. The van der Waals surface area contributed by atoms with Crippen molar-refractivity contribution in [2.24, 2.45) is 0 Å². The van der Waals surface area contributed by atoms with Gasteiger partial charge in [-0.2, -0.15) is 0 Å². The van der Waals surface area contributed by atoms with Crippen molar-refractivity contribution in [2.75, 3.05) is 0 Å². The quantitative estimate of drug-likeness (QED) is 0.559. The van der Waals surface area contributed by atoms with Crippen LogP contribution in [0.25, 0.3) is 0 Å². The Labute approximate surface area is 183 Å². The Morgan fingerprint density at radius 1 is 0.967 bits per heavy atom. The van der Waals surface area contributed by atoms with Crippen molar-refractivity contribution in [1.82, 2.24) is 10.8 Å². The summed E-state index contributed by atoms with van der Waals surface area (Å²) in [5.74, 6) is -1.38. The first kappa shape index (κ1) is 20.4. The molecule has 5 nitrogen and oxygen atoms in total. The van der Waals surface area contributed by atoms with Crippen molar-refractivity contribution >= 4 is 35.0 Å². The van der Waals surface area contributed by atoms with E-state index in [4.69, 9.17) is 28.0 Å². The molecule has 4 rings (SSSR count). The molecular formula is C23H18Cl2N2O3. The van der Waals surface area contributed by atoms with Crippen LogP contribution >= 0.6 is 23.2 Å². The van der Waals surface area contributed by atoms with Gasteiger partial charge in [0.1, 0.15) is 0 Å². The standard InChI is InChI=1S/C23H18Cl2N2O3/c24-15-10-11-18(19(25)12-15)21-20(16-8-4-5-9-17(16)22(28)26-21)23(29)27-30-13-14-6-2-1-3-7-14/h1-12,20-21H,13H2,(H,26,28)(H,27,29)/t20-,21+/m1/s1. The van der Waals surface area contributed by atoms with Crippen molar-refractivity contribution in [2.45, 2.75) is 18.6 Å². The summed E-state index contributed by atoms with van der Waals surface area (Å²) in [4.78, 5) is 31.3. The van der Waals surface area contributed by atoms with Crippen molar-refractivity contribution < 1.29 is 14.4 Å². The average Bonchev–Trinajstić information content (AvgIpc) is 2.74. The summed E-state index contributed by atoms with van der Waals surface area (Å²) in [6.45, 7) is 0.222. The van der Waals surface area contributed by atoms with Gasteiger partial charge in [-0.3, -0.25) is 14.4 Å². The number of halogens is 2. The normalized spacial score (nSPS) is 17.7. The highest BCUT2D eigenvalue weighted by Crippen LogP contribution is 2.40. The molecule has 0 aliphatic carbocycles. The molecule has 2 atom stereocenters. The van der Waals surface area contributed by atoms with Gasteiger partial charge in [0.05, 0.1) is 18.6 Å². The topological polar surface area (TPSA) is 67.4 Å². The van der Waals surface area contributed by atoms with E-state index in [2.05, 4.69) is 10.8 Å². The van der Waals surface area contributed by atoms with Crippen molar-refractivity contribution in [3.05, 3.63) is 105 Å². The van der Waals surface area contributed by atoms with E-state index in [1.807, 2.05) is 30.3 Å². The van der Waals surface area contributed by atoms with Crippen molar-refractivity contribution in [1.29, 1.82) is 0 Å². The summed E-state index contributed by atoms with van der Waals surface area (Å²) >= 11 is 12.4. The molecule has 30 heavy (non-hydrogen) atoms. The number of amides is 2. The highest BCUT2D eigenvalue weighted by Gasteiger charge is 2.40. The number of rotatable bonds is 5. The lowest BCUT2D eigenvalue weighted by molar-refractivity contribution is -0.137. The van der Waals surface area contributed by atoms with Gasteiger partial charge in [-0.1, -0.05) is 77.8 Å². The summed E-state index contributed by atoms with van der Waals surface area (Å²) in [6, 6.07) is 20.8. The third-order valence-electron chi connectivity index (χ3n) is 4.99. The van der Waals surface area contributed by atoms with Gasteiger partial charge >= 0.3 is 0 Å². The van der Waals surface area contributed by atoms with Crippen LogP contribution in [-0.2, 0) is 16.2 Å². The zero-order valence-electron chi connectivity index (χ0n) is 15.8. The van der Waals surface area contributed by atoms with Crippen LogP contribution in [0.3, 0.4) is 0 Å². The van der Waals surface area contributed by atoms with Crippen LogP contribution in [0.5, 0.6) is 0 Å². The SMILES string of the molecule is O=C1N[C@@H](c2ccc(Cl)cc2Cl)[C@H](C(=O)NOCc2ccccc2)c2ccccc21. The molecule has 1 aliphatic rings. The van der Waals surface area contributed by atoms with Crippen molar-refractivity contribution in [3.63, 3.8) is 0 Å². The van der Waals surface area contributed by atoms with Gasteiger partial charge in [0, 0.05) is 15.6 Å². The molecule has 2 amide bonds. The molecule has 0 bridgehead atoms. The summed E-state index contributed by atoms with van der Waals surface area (Å²) in [5.41, 5.74) is 5.11. The van der Waals surface area contributed by atoms with Crippen LogP contribution in [0.15, 0.2) is 72.8 Å². The maximum atomic E-state index is 13.2. The van der Waals surface area contributed by atoms with E-state index in [9.17, 15) is 9.59 Å². The van der Waals surface area contributed by atoms with Gasteiger partial charge in [-0.15, -0.1) is 0 Å². The van der Waals surface area contributed by atoms with Crippen LogP contribution in [0.2, 0.25) is 10.0 Å². The van der Waals surface area contributed by atoms with Gasteiger partial charge < -0.3 is 5.32 Å². The van der Waals surface area contributed by atoms with Gasteiger partial charge in [0.25, 0.3) is 11.8 Å².